The van der Waals surface area contributed by atoms with E-state index in [1.165, 1.54) is 0 Å². The molecular weight excluding hydrogens is 416 g/mol. The number of aromatic nitrogens is 3. The van der Waals surface area contributed by atoms with Gasteiger partial charge in [-0.2, -0.15) is 5.10 Å². The average molecular weight is 432 g/mol. The summed E-state index contributed by atoms with van der Waals surface area (Å²) in [5, 5.41) is 16.6. The molecule has 0 fully saturated rings. The van der Waals surface area contributed by atoms with Crippen LogP contribution in [0.2, 0.25) is 0 Å². The van der Waals surface area contributed by atoms with E-state index in [0.29, 0.717) is 17.1 Å². The van der Waals surface area contributed by atoms with Crippen molar-refractivity contribution in [3.05, 3.63) is 77.2 Å². The van der Waals surface area contributed by atoms with Crippen LogP contribution in [-0.4, -0.2) is 14.8 Å². The summed E-state index contributed by atoms with van der Waals surface area (Å²) in [5.41, 5.74) is 3.23. The molecule has 24 heavy (non-hydrogen) atoms. The first-order valence-electron chi connectivity index (χ1n) is 7.20. The quantitative estimate of drug-likeness (QED) is 0.471. The van der Waals surface area contributed by atoms with Crippen molar-refractivity contribution in [1.82, 2.24) is 14.8 Å². The van der Waals surface area contributed by atoms with Crippen LogP contribution in [-0.2, 0) is 18.2 Å². The Labute approximate surface area is 156 Å². The van der Waals surface area contributed by atoms with Gasteiger partial charge in [0.2, 0.25) is 0 Å². The van der Waals surface area contributed by atoms with E-state index < -0.39 is 0 Å². The van der Waals surface area contributed by atoms with E-state index in [0.717, 1.165) is 11.4 Å². The molecule has 0 bridgehead atoms. The second kappa shape index (κ2) is 8.79. The van der Waals surface area contributed by atoms with Gasteiger partial charge >= 0.3 is 27.7 Å². The van der Waals surface area contributed by atoms with Crippen molar-refractivity contribution in [2.75, 3.05) is 0 Å². The van der Waals surface area contributed by atoms with Gasteiger partial charge in [-0.3, -0.25) is 0 Å². The fourth-order valence-electron chi connectivity index (χ4n) is 2.32. The van der Waals surface area contributed by atoms with E-state index >= 15 is 0 Å². The van der Waals surface area contributed by atoms with Crippen LogP contribution in [0.4, 0.5) is 0 Å². The van der Waals surface area contributed by atoms with Crippen molar-refractivity contribution in [2.45, 2.75) is 13.8 Å². The molecule has 4 nitrogen and oxygen atoms in total. The molecule has 0 aliphatic carbocycles. The van der Waals surface area contributed by atoms with E-state index in [-0.39, 0.29) is 5.76 Å². The molecule has 1 aromatic carbocycles. The van der Waals surface area contributed by atoms with Crippen LogP contribution in [0.3, 0.4) is 0 Å². The van der Waals surface area contributed by atoms with Gasteiger partial charge < -0.3 is 5.11 Å². The molecule has 0 unspecified atom stereocenters. The molecule has 2 aromatic heterocycles. The molecule has 0 spiro atoms. The van der Waals surface area contributed by atoms with Crippen molar-refractivity contribution in [1.29, 1.82) is 0 Å². The molecule has 0 atom stereocenters. The standard InChI is InChI=1S/C18H17N3O.ClH.Pd/c1-13-11-14(2)21(20-13)18-10-6-9-16(19-18)12-17(22)15-7-4-3-5-8-15;;/h3-12,22H,1-2H3;1H;/q;;+2/p-2/b17-12-;;. The molecular formula is C18H16ClN3OPd. The molecule has 0 saturated carbocycles. The van der Waals surface area contributed by atoms with Crippen LogP contribution >= 0.6 is 9.53 Å². The first-order chi connectivity index (χ1) is 11.6. The van der Waals surface area contributed by atoms with Gasteiger partial charge in [0, 0.05) is 5.69 Å². The molecule has 0 aliphatic heterocycles. The summed E-state index contributed by atoms with van der Waals surface area (Å²) < 4.78 is 1.78. The molecule has 0 N–H and O–H groups in total. The number of pyridine rings is 1. The maximum atomic E-state index is 12.2. The van der Waals surface area contributed by atoms with Gasteiger partial charge in [-0.25, -0.2) is 9.67 Å². The number of benzene rings is 1. The third-order valence-electron chi connectivity index (χ3n) is 3.32. The Bertz CT molecular complexity index is 831. The fraction of sp³-hybridized carbons (Fsp3) is 0.111. The SMILES string of the molecule is Cc1cc(C)n(-c2cccc(/C=C(\[O-])c3ccccc3)n2)n1.[Cl][Pd+]. The summed E-state index contributed by atoms with van der Waals surface area (Å²) >= 11 is 2.22. The minimum absolute atomic E-state index is 0.0568. The zero-order chi connectivity index (χ0) is 17.5. The number of halogens is 1. The average Bonchev–Trinajstić information content (AvgIpc) is 2.96. The van der Waals surface area contributed by atoms with Gasteiger partial charge in [0.25, 0.3) is 0 Å². The van der Waals surface area contributed by atoms with Crippen LogP contribution in [0.1, 0.15) is 22.6 Å². The Morgan fingerprint density at radius 3 is 2.42 bits per heavy atom. The van der Waals surface area contributed by atoms with Crippen molar-refractivity contribution in [3.63, 3.8) is 0 Å². The number of rotatable bonds is 3. The summed E-state index contributed by atoms with van der Waals surface area (Å²) in [6, 6.07) is 16.7. The van der Waals surface area contributed by atoms with E-state index in [1.54, 1.807) is 22.9 Å². The van der Waals surface area contributed by atoms with Gasteiger partial charge in [0.05, 0.1) is 11.4 Å². The second-order valence-corrected chi connectivity index (χ2v) is 5.13. The molecule has 126 valence electrons. The number of aryl methyl sites for hydroxylation is 2. The van der Waals surface area contributed by atoms with Crippen molar-refractivity contribution in [3.8, 4) is 5.82 Å². The molecule has 0 saturated heterocycles. The van der Waals surface area contributed by atoms with Gasteiger partial charge in [-0.05, 0) is 43.7 Å². The molecule has 0 amide bonds. The monoisotopic (exact) mass is 431 g/mol. The van der Waals surface area contributed by atoms with Crippen LogP contribution in [0.25, 0.3) is 17.7 Å². The number of hydrogen-bond donors (Lipinski definition) is 0. The third kappa shape index (κ3) is 4.55. The summed E-state index contributed by atoms with van der Waals surface area (Å²) in [4.78, 5) is 4.51. The van der Waals surface area contributed by atoms with Gasteiger partial charge in [0.15, 0.2) is 5.82 Å². The summed E-state index contributed by atoms with van der Waals surface area (Å²) in [5.74, 6) is 0.652. The van der Waals surface area contributed by atoms with Crippen LogP contribution in [0.5, 0.6) is 0 Å². The second-order valence-electron chi connectivity index (χ2n) is 5.13. The topological polar surface area (TPSA) is 53.8 Å². The maximum absolute atomic E-state index is 12.2. The Balaban J connectivity index is 0.00000100. The Morgan fingerprint density at radius 2 is 1.79 bits per heavy atom. The van der Waals surface area contributed by atoms with Crippen LogP contribution in [0.15, 0.2) is 54.6 Å². The Kier molecular flexibility index (Phi) is 6.75. The minimum atomic E-state index is -0.0568. The molecule has 0 aliphatic rings. The fourth-order valence-corrected chi connectivity index (χ4v) is 2.32. The van der Waals surface area contributed by atoms with Crippen LogP contribution in [0, 0.1) is 13.8 Å². The first kappa shape index (κ1) is 18.4. The normalized spacial score (nSPS) is 11.0. The van der Waals surface area contributed by atoms with E-state index in [4.69, 9.17) is 0 Å². The van der Waals surface area contributed by atoms with Crippen molar-refractivity contribution < 1.29 is 23.3 Å². The van der Waals surface area contributed by atoms with Crippen molar-refractivity contribution >= 4 is 21.4 Å². The summed E-state index contributed by atoms with van der Waals surface area (Å²) in [7, 11) is 4.49. The number of nitrogens with zero attached hydrogens (tertiary/aromatic N) is 3. The van der Waals surface area contributed by atoms with E-state index in [9.17, 15) is 5.11 Å². The molecule has 2 heterocycles. The van der Waals surface area contributed by atoms with Gasteiger partial charge in [-0.1, -0.05) is 42.2 Å². The zero-order valence-corrected chi connectivity index (χ0v) is 15.5. The predicted molar refractivity (Wildman–Crippen MR) is 91.0 cm³/mol. The van der Waals surface area contributed by atoms with E-state index in [2.05, 4.69) is 37.8 Å². The number of hydrogen-bond acceptors (Lipinski definition) is 3. The summed E-state index contributed by atoms with van der Waals surface area (Å²) in [6.07, 6.45) is 1.55. The predicted octanol–water partition coefficient (Wildman–Crippen LogP) is 3.43. The third-order valence-corrected chi connectivity index (χ3v) is 3.32. The zero-order valence-electron chi connectivity index (χ0n) is 13.2. The molecule has 6 heteroatoms. The van der Waals surface area contributed by atoms with Gasteiger partial charge in [0.1, 0.15) is 0 Å². The molecule has 0 radical (unpaired) electrons. The van der Waals surface area contributed by atoms with Gasteiger partial charge in [-0.15, -0.1) is 0 Å². The first-order valence-corrected chi connectivity index (χ1v) is 9.20. The Hall–Kier alpha value is -1.93. The van der Waals surface area contributed by atoms with E-state index in [1.807, 2.05) is 56.3 Å². The van der Waals surface area contributed by atoms with Crippen LogP contribution < -0.4 is 5.11 Å². The molecule has 3 aromatic rings. The molecule has 3 rings (SSSR count). The summed E-state index contributed by atoms with van der Waals surface area (Å²) in [6.45, 7) is 3.92. The van der Waals surface area contributed by atoms with Crippen molar-refractivity contribution in [2.24, 2.45) is 0 Å². The Morgan fingerprint density at radius 1 is 1.08 bits per heavy atom.